The lowest BCUT2D eigenvalue weighted by molar-refractivity contribution is -0.145. The van der Waals surface area contributed by atoms with E-state index in [1.54, 1.807) is 0 Å². The molecule has 0 aliphatic carbocycles. The molecule has 1 aliphatic heterocycles. The van der Waals surface area contributed by atoms with Gasteiger partial charge in [0.15, 0.2) is 0 Å². The fourth-order valence-electron chi connectivity index (χ4n) is 1.45. The Morgan fingerprint density at radius 3 is 3.00 bits per heavy atom. The van der Waals surface area contributed by atoms with Crippen LogP contribution < -0.4 is 0 Å². The summed E-state index contributed by atoms with van der Waals surface area (Å²) >= 11 is 0. The molecule has 1 aromatic carbocycles. The molecule has 0 amide bonds. The van der Waals surface area contributed by atoms with Gasteiger partial charge < -0.3 is 9.84 Å². The van der Waals surface area contributed by atoms with Gasteiger partial charge in [-0.1, -0.05) is 12.1 Å². The molecule has 0 fully saturated rings. The first-order valence-electron chi connectivity index (χ1n) is 4.17. The fraction of sp³-hybridized carbons (Fsp3) is 0.300. The SMILES string of the molecule is O=C1Cc2ccc(CO)cc2CO1. The summed E-state index contributed by atoms with van der Waals surface area (Å²) < 4.78 is 4.88. The molecular weight excluding hydrogens is 168 g/mol. The van der Waals surface area contributed by atoms with Crippen LogP contribution in [0.2, 0.25) is 0 Å². The highest BCUT2D eigenvalue weighted by Crippen LogP contribution is 2.18. The second kappa shape index (κ2) is 3.18. The van der Waals surface area contributed by atoms with Crippen molar-refractivity contribution in [1.82, 2.24) is 0 Å². The van der Waals surface area contributed by atoms with Gasteiger partial charge in [-0.25, -0.2) is 0 Å². The molecule has 1 N–H and O–H groups in total. The molecule has 1 heterocycles. The summed E-state index contributed by atoms with van der Waals surface area (Å²) in [4.78, 5) is 10.9. The summed E-state index contributed by atoms with van der Waals surface area (Å²) in [7, 11) is 0. The highest BCUT2D eigenvalue weighted by Gasteiger charge is 2.16. The normalized spacial score (nSPS) is 15.0. The molecule has 3 heteroatoms. The molecule has 0 spiro atoms. The van der Waals surface area contributed by atoms with E-state index >= 15 is 0 Å². The molecule has 0 bridgehead atoms. The summed E-state index contributed by atoms with van der Waals surface area (Å²) in [6, 6.07) is 5.58. The molecule has 1 aromatic rings. The quantitative estimate of drug-likeness (QED) is 0.646. The number of benzene rings is 1. The minimum Gasteiger partial charge on any atom is -0.461 e. The van der Waals surface area contributed by atoms with E-state index in [9.17, 15) is 4.79 Å². The van der Waals surface area contributed by atoms with Crippen molar-refractivity contribution in [3.05, 3.63) is 34.9 Å². The first-order valence-corrected chi connectivity index (χ1v) is 4.17. The molecule has 3 nitrogen and oxygen atoms in total. The van der Waals surface area contributed by atoms with Crippen LogP contribution in [0, 0.1) is 0 Å². The third kappa shape index (κ3) is 1.55. The molecule has 0 unspecified atom stereocenters. The fourth-order valence-corrected chi connectivity index (χ4v) is 1.45. The Kier molecular flexibility index (Phi) is 2.02. The third-order valence-electron chi connectivity index (χ3n) is 2.18. The van der Waals surface area contributed by atoms with E-state index in [0.717, 1.165) is 16.7 Å². The van der Waals surface area contributed by atoms with Crippen molar-refractivity contribution in [2.45, 2.75) is 19.6 Å². The van der Waals surface area contributed by atoms with E-state index in [2.05, 4.69) is 0 Å². The standard InChI is InChI=1S/C10H10O3/c11-5-7-1-2-8-4-10(12)13-6-9(8)3-7/h1-3,11H,4-6H2. The summed E-state index contributed by atoms with van der Waals surface area (Å²) in [5.74, 6) is -0.177. The third-order valence-corrected chi connectivity index (χ3v) is 2.18. The largest absolute Gasteiger partial charge is 0.461 e. The lowest BCUT2D eigenvalue weighted by Gasteiger charge is -2.16. The minimum atomic E-state index is -0.177. The van der Waals surface area contributed by atoms with Gasteiger partial charge in [0.1, 0.15) is 6.61 Å². The number of rotatable bonds is 1. The summed E-state index contributed by atoms with van der Waals surface area (Å²) in [6.45, 7) is 0.364. The molecular formula is C10H10O3. The van der Waals surface area contributed by atoms with Crippen molar-refractivity contribution >= 4 is 5.97 Å². The smallest absolute Gasteiger partial charge is 0.310 e. The van der Waals surface area contributed by atoms with Crippen LogP contribution >= 0.6 is 0 Å². The molecule has 0 aromatic heterocycles. The van der Waals surface area contributed by atoms with Crippen LogP contribution in [-0.2, 0) is 29.2 Å². The number of aliphatic hydroxyl groups is 1. The van der Waals surface area contributed by atoms with E-state index in [4.69, 9.17) is 9.84 Å². The van der Waals surface area contributed by atoms with E-state index < -0.39 is 0 Å². The maximum absolute atomic E-state index is 10.9. The predicted octanol–water partition coefficient (Wildman–Crippen LogP) is 0.778. The van der Waals surface area contributed by atoms with Gasteiger partial charge in [-0.2, -0.15) is 0 Å². The monoisotopic (exact) mass is 178 g/mol. The number of carbonyl (C=O) groups is 1. The summed E-state index contributed by atoms with van der Waals surface area (Å²) in [5, 5.41) is 8.88. The highest BCUT2D eigenvalue weighted by molar-refractivity contribution is 5.74. The Morgan fingerprint density at radius 2 is 2.23 bits per heavy atom. The Balaban J connectivity index is 2.36. The number of fused-ring (bicyclic) bond motifs is 1. The van der Waals surface area contributed by atoms with Crippen LogP contribution in [0.15, 0.2) is 18.2 Å². The van der Waals surface area contributed by atoms with Gasteiger partial charge in [0.25, 0.3) is 0 Å². The van der Waals surface area contributed by atoms with Crippen LogP contribution in [-0.4, -0.2) is 11.1 Å². The summed E-state index contributed by atoms with van der Waals surface area (Å²) in [6.07, 6.45) is 0.348. The average Bonchev–Trinajstić information content (AvgIpc) is 2.17. The molecule has 0 saturated heterocycles. The van der Waals surface area contributed by atoms with E-state index in [-0.39, 0.29) is 12.6 Å². The van der Waals surface area contributed by atoms with Gasteiger partial charge in [-0.3, -0.25) is 4.79 Å². The number of esters is 1. The minimum absolute atomic E-state index is 0.0290. The topological polar surface area (TPSA) is 46.5 Å². The Morgan fingerprint density at radius 1 is 1.38 bits per heavy atom. The first-order chi connectivity index (χ1) is 6.29. The van der Waals surface area contributed by atoms with Crippen LogP contribution in [0.25, 0.3) is 0 Å². The van der Waals surface area contributed by atoms with E-state index in [1.807, 2.05) is 18.2 Å². The zero-order valence-electron chi connectivity index (χ0n) is 7.12. The van der Waals surface area contributed by atoms with Gasteiger partial charge in [0.2, 0.25) is 0 Å². The maximum Gasteiger partial charge on any atom is 0.310 e. The summed E-state index contributed by atoms with van der Waals surface area (Å²) in [5.41, 5.74) is 2.87. The molecule has 2 rings (SSSR count). The lowest BCUT2D eigenvalue weighted by atomic mass is 10.0. The molecule has 68 valence electrons. The van der Waals surface area contributed by atoms with Crippen LogP contribution in [0.4, 0.5) is 0 Å². The number of ether oxygens (including phenoxy) is 1. The van der Waals surface area contributed by atoms with Gasteiger partial charge in [0.05, 0.1) is 13.0 Å². The van der Waals surface area contributed by atoms with Crippen molar-refractivity contribution in [2.75, 3.05) is 0 Å². The van der Waals surface area contributed by atoms with E-state index in [0.29, 0.717) is 13.0 Å². The van der Waals surface area contributed by atoms with Crippen LogP contribution in [0.1, 0.15) is 16.7 Å². The average molecular weight is 178 g/mol. The zero-order chi connectivity index (χ0) is 9.26. The van der Waals surface area contributed by atoms with Crippen molar-refractivity contribution < 1.29 is 14.6 Å². The first kappa shape index (κ1) is 8.26. The van der Waals surface area contributed by atoms with Gasteiger partial charge in [-0.05, 0) is 22.8 Å². The Hall–Kier alpha value is -1.35. The Bertz CT molecular complexity index is 344. The predicted molar refractivity (Wildman–Crippen MR) is 45.9 cm³/mol. The Labute approximate surface area is 76.0 Å². The van der Waals surface area contributed by atoms with Gasteiger partial charge in [-0.15, -0.1) is 0 Å². The lowest BCUT2D eigenvalue weighted by Crippen LogP contribution is -2.16. The number of hydrogen-bond acceptors (Lipinski definition) is 3. The van der Waals surface area contributed by atoms with Crippen molar-refractivity contribution in [2.24, 2.45) is 0 Å². The van der Waals surface area contributed by atoms with Crippen LogP contribution in [0.5, 0.6) is 0 Å². The zero-order valence-corrected chi connectivity index (χ0v) is 7.12. The molecule has 0 saturated carbocycles. The van der Waals surface area contributed by atoms with Crippen molar-refractivity contribution in [3.8, 4) is 0 Å². The molecule has 13 heavy (non-hydrogen) atoms. The number of carbonyl (C=O) groups excluding carboxylic acids is 1. The van der Waals surface area contributed by atoms with Crippen molar-refractivity contribution in [1.29, 1.82) is 0 Å². The van der Waals surface area contributed by atoms with E-state index in [1.165, 1.54) is 0 Å². The highest BCUT2D eigenvalue weighted by atomic mass is 16.5. The molecule has 1 aliphatic rings. The molecule has 0 radical (unpaired) electrons. The van der Waals surface area contributed by atoms with Crippen LogP contribution in [0.3, 0.4) is 0 Å². The second-order valence-corrected chi connectivity index (χ2v) is 3.10. The molecule has 0 atom stereocenters. The van der Waals surface area contributed by atoms with Crippen molar-refractivity contribution in [3.63, 3.8) is 0 Å². The van der Waals surface area contributed by atoms with Gasteiger partial charge >= 0.3 is 5.97 Å². The van der Waals surface area contributed by atoms with Gasteiger partial charge in [0, 0.05) is 0 Å². The maximum atomic E-state index is 10.9. The number of hydrogen-bond donors (Lipinski definition) is 1. The number of cyclic esters (lactones) is 1. The number of aliphatic hydroxyl groups excluding tert-OH is 1. The second-order valence-electron chi connectivity index (χ2n) is 3.10.